The van der Waals surface area contributed by atoms with E-state index in [9.17, 15) is 5.11 Å². The highest BCUT2D eigenvalue weighted by Gasteiger charge is 2.07. The van der Waals surface area contributed by atoms with Crippen LogP contribution in [0.1, 0.15) is 11.7 Å². The second-order valence-corrected chi connectivity index (χ2v) is 3.35. The van der Waals surface area contributed by atoms with Crippen molar-refractivity contribution >= 4 is 11.0 Å². The zero-order chi connectivity index (χ0) is 10.1. The molecule has 0 aromatic carbocycles. The van der Waals surface area contributed by atoms with Gasteiger partial charge in [0.2, 0.25) is 0 Å². The Bertz CT molecular complexity index is 450. The van der Waals surface area contributed by atoms with Gasteiger partial charge < -0.3 is 15.4 Å². The predicted molar refractivity (Wildman–Crippen MR) is 54.7 cm³/mol. The van der Waals surface area contributed by atoms with E-state index in [-0.39, 0.29) is 6.54 Å². The number of aliphatic hydroxyl groups excluding tert-OH is 1. The number of rotatable bonds is 2. The molecule has 14 heavy (non-hydrogen) atoms. The highest BCUT2D eigenvalue weighted by molar-refractivity contribution is 5.76. The molecule has 0 spiro atoms. The van der Waals surface area contributed by atoms with Gasteiger partial charge in [-0.2, -0.15) is 0 Å². The summed E-state index contributed by atoms with van der Waals surface area (Å²) >= 11 is 0. The average Bonchev–Trinajstić information content (AvgIpc) is 2.59. The highest BCUT2D eigenvalue weighted by atomic mass is 16.3. The van der Waals surface area contributed by atoms with Gasteiger partial charge in [0.15, 0.2) is 0 Å². The van der Waals surface area contributed by atoms with Crippen molar-refractivity contribution in [3.05, 3.63) is 30.1 Å². The summed E-state index contributed by atoms with van der Waals surface area (Å²) in [6.45, 7) is 0.220. The highest BCUT2D eigenvalue weighted by Crippen LogP contribution is 2.17. The Kier molecular flexibility index (Phi) is 2.23. The Labute approximate surface area is 82.0 Å². The second kappa shape index (κ2) is 3.40. The van der Waals surface area contributed by atoms with Gasteiger partial charge in [-0.15, -0.1) is 0 Å². The van der Waals surface area contributed by atoms with Crippen LogP contribution >= 0.6 is 0 Å². The van der Waals surface area contributed by atoms with Gasteiger partial charge in [0, 0.05) is 31.5 Å². The van der Waals surface area contributed by atoms with Crippen molar-refractivity contribution in [3.8, 4) is 0 Å². The molecule has 0 aliphatic carbocycles. The molecule has 0 aliphatic rings. The number of pyridine rings is 1. The third-order valence-electron chi connectivity index (χ3n) is 2.36. The van der Waals surface area contributed by atoms with Gasteiger partial charge >= 0.3 is 0 Å². The van der Waals surface area contributed by atoms with Crippen molar-refractivity contribution in [1.29, 1.82) is 0 Å². The Hall–Kier alpha value is -1.39. The average molecular weight is 191 g/mol. The number of nitrogens with zero attached hydrogens (tertiary/aromatic N) is 2. The molecule has 2 heterocycles. The van der Waals surface area contributed by atoms with E-state index in [1.54, 1.807) is 6.20 Å². The van der Waals surface area contributed by atoms with Crippen molar-refractivity contribution < 1.29 is 5.11 Å². The van der Waals surface area contributed by atoms with Crippen LogP contribution in [0.2, 0.25) is 0 Å². The maximum atomic E-state index is 9.54. The lowest BCUT2D eigenvalue weighted by atomic mass is 10.1. The lowest BCUT2D eigenvalue weighted by Gasteiger charge is -2.07. The number of hydrogen-bond donors (Lipinski definition) is 2. The zero-order valence-electron chi connectivity index (χ0n) is 8.01. The van der Waals surface area contributed by atoms with Crippen molar-refractivity contribution in [1.82, 2.24) is 9.55 Å². The minimum atomic E-state index is -0.623. The van der Waals surface area contributed by atoms with Crippen LogP contribution in [0.4, 0.5) is 0 Å². The summed E-state index contributed by atoms with van der Waals surface area (Å²) < 4.78 is 1.97. The molecule has 0 radical (unpaired) electrons. The molecule has 1 unspecified atom stereocenters. The van der Waals surface area contributed by atoms with Crippen LogP contribution in [-0.4, -0.2) is 21.2 Å². The molecule has 0 bridgehead atoms. The van der Waals surface area contributed by atoms with Crippen LogP contribution in [-0.2, 0) is 7.05 Å². The summed E-state index contributed by atoms with van der Waals surface area (Å²) in [4.78, 5) is 4.23. The topological polar surface area (TPSA) is 64.1 Å². The fraction of sp³-hybridized carbons (Fsp3) is 0.300. The monoisotopic (exact) mass is 191 g/mol. The molecule has 0 saturated heterocycles. The van der Waals surface area contributed by atoms with E-state index in [0.717, 1.165) is 16.6 Å². The first-order chi connectivity index (χ1) is 6.72. The predicted octanol–water partition coefficient (Wildman–Crippen LogP) is 0.565. The lowest BCUT2D eigenvalue weighted by Crippen LogP contribution is -2.11. The summed E-state index contributed by atoms with van der Waals surface area (Å²) in [6, 6.07) is 3.85. The first kappa shape index (κ1) is 9.18. The summed E-state index contributed by atoms with van der Waals surface area (Å²) in [5.41, 5.74) is 8.08. The molecular formula is C10H13N3O. The van der Waals surface area contributed by atoms with Crippen LogP contribution in [0, 0.1) is 0 Å². The van der Waals surface area contributed by atoms with Gasteiger partial charge in [0.1, 0.15) is 0 Å². The Morgan fingerprint density at radius 3 is 3.14 bits per heavy atom. The van der Waals surface area contributed by atoms with E-state index in [1.807, 2.05) is 29.9 Å². The van der Waals surface area contributed by atoms with Crippen molar-refractivity contribution in [3.63, 3.8) is 0 Å². The van der Waals surface area contributed by atoms with E-state index in [0.29, 0.717) is 0 Å². The Morgan fingerprint density at radius 2 is 2.43 bits per heavy atom. The summed E-state index contributed by atoms with van der Waals surface area (Å²) in [7, 11) is 1.95. The summed E-state index contributed by atoms with van der Waals surface area (Å²) in [5, 5.41) is 9.54. The molecular weight excluding hydrogens is 178 g/mol. The fourth-order valence-electron chi connectivity index (χ4n) is 1.47. The number of hydrogen-bond acceptors (Lipinski definition) is 3. The molecule has 0 fully saturated rings. The molecule has 2 aromatic rings. The third kappa shape index (κ3) is 1.38. The molecule has 4 nitrogen and oxygen atoms in total. The van der Waals surface area contributed by atoms with E-state index in [4.69, 9.17) is 5.73 Å². The number of fused-ring (bicyclic) bond motifs is 1. The van der Waals surface area contributed by atoms with Crippen LogP contribution in [0.5, 0.6) is 0 Å². The Balaban J connectivity index is 2.54. The van der Waals surface area contributed by atoms with Gasteiger partial charge in [-0.1, -0.05) is 0 Å². The van der Waals surface area contributed by atoms with E-state index in [1.165, 1.54) is 0 Å². The Morgan fingerprint density at radius 1 is 1.64 bits per heavy atom. The second-order valence-electron chi connectivity index (χ2n) is 3.35. The maximum absolute atomic E-state index is 9.54. The molecule has 0 amide bonds. The number of aryl methyl sites for hydroxylation is 1. The molecule has 0 aliphatic heterocycles. The molecule has 4 heteroatoms. The standard InChI is InChI=1S/C10H13N3O/c1-13-3-2-8-9(13)4-7(6-12-8)10(14)5-11/h2-4,6,10,14H,5,11H2,1H3. The normalized spacial score (nSPS) is 13.4. The van der Waals surface area contributed by atoms with E-state index >= 15 is 0 Å². The smallest absolute Gasteiger partial charge is 0.0927 e. The SMILES string of the molecule is Cn1ccc2ncc(C(O)CN)cc21. The molecule has 2 aromatic heterocycles. The molecule has 1 atom stereocenters. The number of nitrogens with two attached hydrogens (primary N) is 1. The number of aliphatic hydroxyl groups is 1. The van der Waals surface area contributed by atoms with Crippen molar-refractivity contribution in [2.24, 2.45) is 12.8 Å². The van der Waals surface area contributed by atoms with Gasteiger partial charge in [0.05, 0.1) is 17.1 Å². The number of aromatic nitrogens is 2. The zero-order valence-corrected chi connectivity index (χ0v) is 8.01. The van der Waals surface area contributed by atoms with Crippen LogP contribution < -0.4 is 5.73 Å². The molecule has 0 saturated carbocycles. The van der Waals surface area contributed by atoms with E-state index < -0.39 is 6.10 Å². The minimum absolute atomic E-state index is 0.220. The van der Waals surface area contributed by atoms with Crippen molar-refractivity contribution in [2.75, 3.05) is 6.54 Å². The van der Waals surface area contributed by atoms with Crippen LogP contribution in [0.25, 0.3) is 11.0 Å². The molecule has 74 valence electrons. The first-order valence-corrected chi connectivity index (χ1v) is 4.51. The largest absolute Gasteiger partial charge is 0.387 e. The summed E-state index contributed by atoms with van der Waals surface area (Å²) in [5.74, 6) is 0. The first-order valence-electron chi connectivity index (χ1n) is 4.51. The van der Waals surface area contributed by atoms with Gasteiger partial charge in [0.25, 0.3) is 0 Å². The third-order valence-corrected chi connectivity index (χ3v) is 2.36. The summed E-state index contributed by atoms with van der Waals surface area (Å²) in [6.07, 6.45) is 2.98. The quantitative estimate of drug-likeness (QED) is 0.729. The maximum Gasteiger partial charge on any atom is 0.0927 e. The fourth-order valence-corrected chi connectivity index (χ4v) is 1.47. The lowest BCUT2D eigenvalue weighted by molar-refractivity contribution is 0.186. The van der Waals surface area contributed by atoms with Gasteiger partial charge in [-0.05, 0) is 12.1 Å². The minimum Gasteiger partial charge on any atom is -0.387 e. The molecule has 3 N–H and O–H groups in total. The van der Waals surface area contributed by atoms with Crippen LogP contribution in [0.3, 0.4) is 0 Å². The molecule has 2 rings (SSSR count). The van der Waals surface area contributed by atoms with E-state index in [2.05, 4.69) is 4.98 Å². The van der Waals surface area contributed by atoms with Gasteiger partial charge in [-0.3, -0.25) is 4.98 Å². The van der Waals surface area contributed by atoms with Crippen molar-refractivity contribution in [2.45, 2.75) is 6.10 Å². The van der Waals surface area contributed by atoms with Crippen LogP contribution in [0.15, 0.2) is 24.5 Å². The van der Waals surface area contributed by atoms with Gasteiger partial charge in [-0.25, -0.2) is 0 Å².